The number of amides is 2. The zero-order valence-corrected chi connectivity index (χ0v) is 11.2. The molecule has 106 valence electrons. The normalized spacial score (nSPS) is 18.1. The summed E-state index contributed by atoms with van der Waals surface area (Å²) in [6, 6.07) is 14.7. The molecule has 1 aliphatic rings. The number of aromatic hydroxyl groups is 1. The first kappa shape index (κ1) is 13.2. The van der Waals surface area contributed by atoms with Crippen molar-refractivity contribution >= 4 is 23.2 Å². The summed E-state index contributed by atoms with van der Waals surface area (Å²) in [5.41, 5.74) is 1.27. The second-order valence-electron chi connectivity index (χ2n) is 4.85. The molecule has 0 spiro atoms. The summed E-state index contributed by atoms with van der Waals surface area (Å²) in [6.07, 6.45) is 0.120. The van der Waals surface area contributed by atoms with E-state index in [0.29, 0.717) is 11.4 Å². The summed E-state index contributed by atoms with van der Waals surface area (Å²) >= 11 is 0. The standard InChI is InChI=1S/C16H14N2O3/c19-13-8-6-11(7-9-13)17-14-10-15(20)18(16(14)21)12-4-2-1-3-5-12/h1-9,14,17,19H,10H2. The summed E-state index contributed by atoms with van der Waals surface area (Å²) < 4.78 is 0. The van der Waals surface area contributed by atoms with Crippen LogP contribution in [0.3, 0.4) is 0 Å². The summed E-state index contributed by atoms with van der Waals surface area (Å²) in [7, 11) is 0. The maximum atomic E-state index is 12.4. The molecule has 0 bridgehead atoms. The Morgan fingerprint density at radius 2 is 1.67 bits per heavy atom. The van der Waals surface area contributed by atoms with Crippen LogP contribution in [-0.4, -0.2) is 23.0 Å². The van der Waals surface area contributed by atoms with E-state index in [9.17, 15) is 14.7 Å². The van der Waals surface area contributed by atoms with Crippen LogP contribution in [0.15, 0.2) is 54.6 Å². The Balaban J connectivity index is 1.79. The van der Waals surface area contributed by atoms with E-state index >= 15 is 0 Å². The van der Waals surface area contributed by atoms with Crippen LogP contribution in [-0.2, 0) is 9.59 Å². The molecule has 1 fully saturated rings. The van der Waals surface area contributed by atoms with Gasteiger partial charge < -0.3 is 10.4 Å². The highest BCUT2D eigenvalue weighted by Gasteiger charge is 2.39. The van der Waals surface area contributed by atoms with Crippen LogP contribution >= 0.6 is 0 Å². The lowest BCUT2D eigenvalue weighted by Crippen LogP contribution is -2.34. The molecule has 21 heavy (non-hydrogen) atoms. The van der Waals surface area contributed by atoms with Crippen molar-refractivity contribution in [2.75, 3.05) is 10.2 Å². The minimum Gasteiger partial charge on any atom is -0.508 e. The van der Waals surface area contributed by atoms with Crippen LogP contribution in [0.4, 0.5) is 11.4 Å². The van der Waals surface area contributed by atoms with E-state index in [0.717, 1.165) is 0 Å². The van der Waals surface area contributed by atoms with Gasteiger partial charge in [0.1, 0.15) is 11.8 Å². The number of hydrogen-bond acceptors (Lipinski definition) is 4. The number of rotatable bonds is 3. The van der Waals surface area contributed by atoms with E-state index in [1.165, 1.54) is 17.0 Å². The third kappa shape index (κ3) is 2.58. The third-order valence-electron chi connectivity index (χ3n) is 3.37. The number of phenols is 1. The first-order valence-electron chi connectivity index (χ1n) is 6.62. The molecule has 1 heterocycles. The third-order valence-corrected chi connectivity index (χ3v) is 3.37. The lowest BCUT2D eigenvalue weighted by atomic mass is 10.2. The second kappa shape index (κ2) is 5.28. The summed E-state index contributed by atoms with van der Waals surface area (Å²) in [5, 5.41) is 12.3. The van der Waals surface area contributed by atoms with Gasteiger partial charge in [-0.05, 0) is 36.4 Å². The highest BCUT2D eigenvalue weighted by molar-refractivity contribution is 6.23. The van der Waals surface area contributed by atoms with Gasteiger partial charge in [-0.15, -0.1) is 0 Å². The Hall–Kier alpha value is -2.82. The van der Waals surface area contributed by atoms with Crippen molar-refractivity contribution in [1.82, 2.24) is 0 Å². The molecule has 0 aromatic heterocycles. The zero-order valence-electron chi connectivity index (χ0n) is 11.2. The molecule has 5 nitrogen and oxygen atoms in total. The van der Waals surface area contributed by atoms with Crippen molar-refractivity contribution in [3.63, 3.8) is 0 Å². The molecule has 0 aliphatic carbocycles. The van der Waals surface area contributed by atoms with Crippen LogP contribution in [0, 0.1) is 0 Å². The van der Waals surface area contributed by atoms with Gasteiger partial charge in [-0.2, -0.15) is 0 Å². The van der Waals surface area contributed by atoms with Crippen molar-refractivity contribution < 1.29 is 14.7 Å². The topological polar surface area (TPSA) is 69.6 Å². The predicted molar refractivity (Wildman–Crippen MR) is 79.1 cm³/mol. The lowest BCUT2D eigenvalue weighted by Gasteiger charge is -2.16. The Morgan fingerprint density at radius 3 is 2.33 bits per heavy atom. The summed E-state index contributed by atoms with van der Waals surface area (Å²) in [5.74, 6) is -0.331. The van der Waals surface area contributed by atoms with Crippen LogP contribution in [0.1, 0.15) is 6.42 Å². The van der Waals surface area contributed by atoms with Gasteiger partial charge in [0.15, 0.2) is 0 Å². The molecule has 0 radical (unpaired) electrons. The maximum Gasteiger partial charge on any atom is 0.256 e. The number of carbonyl (C=O) groups is 2. The van der Waals surface area contributed by atoms with E-state index in [2.05, 4.69) is 5.32 Å². The molecular weight excluding hydrogens is 268 g/mol. The highest BCUT2D eigenvalue weighted by atomic mass is 16.3. The molecule has 2 aromatic carbocycles. The van der Waals surface area contributed by atoms with Gasteiger partial charge in [-0.1, -0.05) is 18.2 Å². The molecule has 1 saturated heterocycles. The number of benzene rings is 2. The van der Waals surface area contributed by atoms with E-state index in [1.807, 2.05) is 6.07 Å². The van der Waals surface area contributed by atoms with Gasteiger partial charge in [0, 0.05) is 5.69 Å². The molecule has 2 N–H and O–H groups in total. The van der Waals surface area contributed by atoms with Gasteiger partial charge in [-0.25, -0.2) is 4.90 Å². The quantitative estimate of drug-likeness (QED) is 0.668. The maximum absolute atomic E-state index is 12.4. The predicted octanol–water partition coefficient (Wildman–Crippen LogP) is 2.14. The first-order chi connectivity index (χ1) is 10.1. The van der Waals surface area contributed by atoms with Crippen molar-refractivity contribution in [3.05, 3.63) is 54.6 Å². The van der Waals surface area contributed by atoms with Crippen LogP contribution < -0.4 is 10.2 Å². The average Bonchev–Trinajstić information content (AvgIpc) is 2.77. The first-order valence-corrected chi connectivity index (χ1v) is 6.62. The lowest BCUT2D eigenvalue weighted by molar-refractivity contribution is -0.121. The number of hydrogen-bond donors (Lipinski definition) is 2. The minimum absolute atomic E-state index is 0.120. The molecule has 3 rings (SSSR count). The van der Waals surface area contributed by atoms with Crippen LogP contribution in [0.25, 0.3) is 0 Å². The fourth-order valence-corrected chi connectivity index (χ4v) is 2.35. The van der Waals surface area contributed by atoms with Crippen LogP contribution in [0.2, 0.25) is 0 Å². The molecule has 0 saturated carbocycles. The van der Waals surface area contributed by atoms with E-state index in [-0.39, 0.29) is 24.0 Å². The van der Waals surface area contributed by atoms with E-state index < -0.39 is 6.04 Å². The molecule has 1 unspecified atom stereocenters. The monoisotopic (exact) mass is 282 g/mol. The molecule has 1 atom stereocenters. The van der Waals surface area contributed by atoms with Crippen LogP contribution in [0.5, 0.6) is 5.75 Å². The van der Waals surface area contributed by atoms with Crippen molar-refractivity contribution in [2.24, 2.45) is 0 Å². The zero-order chi connectivity index (χ0) is 14.8. The van der Waals surface area contributed by atoms with Crippen molar-refractivity contribution in [3.8, 4) is 5.75 Å². The Labute approximate surface area is 121 Å². The fraction of sp³-hybridized carbons (Fsp3) is 0.125. The number of anilines is 2. The summed E-state index contributed by atoms with van der Waals surface area (Å²) in [6.45, 7) is 0. The second-order valence-corrected chi connectivity index (χ2v) is 4.85. The molecule has 1 aliphatic heterocycles. The van der Waals surface area contributed by atoms with Gasteiger partial charge in [0.2, 0.25) is 5.91 Å². The number of nitrogens with one attached hydrogen (secondary N) is 1. The highest BCUT2D eigenvalue weighted by Crippen LogP contribution is 2.25. The number of nitrogens with zero attached hydrogens (tertiary/aromatic N) is 1. The largest absolute Gasteiger partial charge is 0.508 e. The van der Waals surface area contributed by atoms with Gasteiger partial charge in [0.25, 0.3) is 5.91 Å². The Morgan fingerprint density at radius 1 is 1.00 bits per heavy atom. The minimum atomic E-state index is -0.581. The SMILES string of the molecule is O=C1CC(Nc2ccc(O)cc2)C(=O)N1c1ccccc1. The number of imide groups is 1. The van der Waals surface area contributed by atoms with E-state index in [1.54, 1.807) is 36.4 Å². The van der Waals surface area contributed by atoms with E-state index in [4.69, 9.17) is 0 Å². The molecule has 2 amide bonds. The molecule has 5 heteroatoms. The number of phenolic OH excluding ortho intramolecular Hbond substituents is 1. The Bertz CT molecular complexity index is 668. The smallest absolute Gasteiger partial charge is 0.256 e. The average molecular weight is 282 g/mol. The molecular formula is C16H14N2O3. The van der Waals surface area contributed by atoms with Crippen molar-refractivity contribution in [1.29, 1.82) is 0 Å². The number of carbonyl (C=O) groups excluding carboxylic acids is 2. The van der Waals surface area contributed by atoms with Crippen molar-refractivity contribution in [2.45, 2.75) is 12.5 Å². The fourth-order valence-electron chi connectivity index (χ4n) is 2.35. The van der Waals surface area contributed by atoms with Gasteiger partial charge in [-0.3, -0.25) is 9.59 Å². The Kier molecular flexibility index (Phi) is 3.31. The molecule has 2 aromatic rings. The summed E-state index contributed by atoms with van der Waals surface area (Å²) in [4.78, 5) is 25.7. The van der Waals surface area contributed by atoms with Gasteiger partial charge in [0.05, 0.1) is 12.1 Å². The van der Waals surface area contributed by atoms with Gasteiger partial charge >= 0.3 is 0 Å². The number of para-hydroxylation sites is 1.